The zero-order valence-corrected chi connectivity index (χ0v) is 14.0. The molecule has 0 spiro atoms. The van der Waals surface area contributed by atoms with Crippen molar-refractivity contribution in [2.75, 3.05) is 19.8 Å². The lowest BCUT2D eigenvalue weighted by Crippen LogP contribution is -2.25. The minimum absolute atomic E-state index is 0.108. The van der Waals surface area contributed by atoms with Crippen molar-refractivity contribution in [1.82, 2.24) is 9.88 Å². The molecular formula is C18H24N2O4. The maximum Gasteiger partial charge on any atom is 0.286 e. The fourth-order valence-corrected chi connectivity index (χ4v) is 2.16. The van der Waals surface area contributed by atoms with Gasteiger partial charge in [-0.15, -0.1) is 0 Å². The molecule has 0 unspecified atom stereocenters. The Balaban J connectivity index is 1.75. The number of hydrogen-bond acceptors (Lipinski definition) is 4. The molecule has 0 saturated carbocycles. The fourth-order valence-electron chi connectivity index (χ4n) is 2.16. The highest BCUT2D eigenvalue weighted by molar-refractivity contribution is 5.91. The maximum absolute atomic E-state index is 12.0. The van der Waals surface area contributed by atoms with Gasteiger partial charge < -0.3 is 19.0 Å². The first-order chi connectivity index (χ1) is 11.7. The zero-order chi connectivity index (χ0) is 17.2. The summed E-state index contributed by atoms with van der Waals surface area (Å²) >= 11 is 0. The second-order valence-corrected chi connectivity index (χ2v) is 5.51. The van der Waals surface area contributed by atoms with E-state index < -0.39 is 0 Å². The number of furan rings is 1. The molecule has 0 aliphatic rings. The Hall–Kier alpha value is -2.34. The fraction of sp³-hybridized carbons (Fsp3) is 0.444. The van der Waals surface area contributed by atoms with Crippen molar-refractivity contribution < 1.29 is 13.9 Å². The predicted octanol–water partition coefficient (Wildman–Crippen LogP) is 2.43. The predicted molar refractivity (Wildman–Crippen MR) is 91.2 cm³/mol. The summed E-state index contributed by atoms with van der Waals surface area (Å²) in [5.74, 6) is 0.562. The van der Waals surface area contributed by atoms with Gasteiger partial charge in [0.2, 0.25) is 0 Å². The van der Waals surface area contributed by atoms with Gasteiger partial charge in [0, 0.05) is 32.0 Å². The van der Waals surface area contributed by atoms with Crippen LogP contribution >= 0.6 is 0 Å². The number of unbranched alkanes of at least 4 members (excludes halogenated alkanes) is 1. The molecule has 0 aliphatic carbocycles. The Kier molecular flexibility index (Phi) is 7.29. The largest absolute Gasteiger partial charge is 0.454 e. The number of hydrogen-bond donors (Lipinski definition) is 1. The first-order valence-electron chi connectivity index (χ1n) is 8.31. The number of carbonyl (C=O) groups is 1. The Bertz CT molecular complexity index is 690. The number of nitrogens with zero attached hydrogens (tertiary/aromatic N) is 1. The number of nitrogens with one attached hydrogen (secondary N) is 1. The van der Waals surface area contributed by atoms with Crippen LogP contribution in [0.2, 0.25) is 0 Å². The van der Waals surface area contributed by atoms with Crippen LogP contribution in [0.25, 0.3) is 0 Å². The highest BCUT2D eigenvalue weighted by Crippen LogP contribution is 2.09. The third-order valence-electron chi connectivity index (χ3n) is 3.50. The van der Waals surface area contributed by atoms with E-state index in [1.807, 2.05) is 0 Å². The van der Waals surface area contributed by atoms with Crippen molar-refractivity contribution in [3.8, 4) is 0 Å². The lowest BCUT2D eigenvalue weighted by atomic mass is 10.3. The summed E-state index contributed by atoms with van der Waals surface area (Å²) in [7, 11) is 0. The van der Waals surface area contributed by atoms with Gasteiger partial charge in [-0.25, -0.2) is 0 Å². The maximum atomic E-state index is 12.0. The van der Waals surface area contributed by atoms with E-state index in [0.29, 0.717) is 25.5 Å². The lowest BCUT2D eigenvalue weighted by Gasteiger charge is -2.05. The third kappa shape index (κ3) is 5.70. The molecule has 6 nitrogen and oxygen atoms in total. The highest BCUT2D eigenvalue weighted by Gasteiger charge is 2.11. The average molecular weight is 332 g/mol. The molecule has 0 aromatic carbocycles. The minimum Gasteiger partial charge on any atom is -0.454 e. The van der Waals surface area contributed by atoms with E-state index in [9.17, 15) is 9.59 Å². The van der Waals surface area contributed by atoms with Crippen molar-refractivity contribution >= 4 is 5.91 Å². The van der Waals surface area contributed by atoms with Crippen LogP contribution in [0.4, 0.5) is 0 Å². The summed E-state index contributed by atoms with van der Waals surface area (Å²) in [5.41, 5.74) is -0.108. The second kappa shape index (κ2) is 9.72. The molecule has 2 aromatic rings. The number of aromatic nitrogens is 1. The highest BCUT2D eigenvalue weighted by atomic mass is 16.5. The molecule has 0 saturated heterocycles. The number of pyridine rings is 1. The van der Waals surface area contributed by atoms with E-state index in [4.69, 9.17) is 9.15 Å². The Morgan fingerprint density at radius 3 is 2.83 bits per heavy atom. The van der Waals surface area contributed by atoms with Crippen LogP contribution in [0, 0.1) is 0 Å². The first-order valence-corrected chi connectivity index (χ1v) is 8.31. The molecule has 6 heteroatoms. The molecular weight excluding hydrogens is 308 g/mol. The minimum atomic E-state index is -0.254. The first kappa shape index (κ1) is 18.0. The number of rotatable bonds is 10. The smallest absolute Gasteiger partial charge is 0.286 e. The van der Waals surface area contributed by atoms with E-state index in [2.05, 4.69) is 12.2 Å². The molecule has 0 aliphatic heterocycles. The second-order valence-electron chi connectivity index (χ2n) is 5.51. The summed E-state index contributed by atoms with van der Waals surface area (Å²) in [5, 5.41) is 2.80. The van der Waals surface area contributed by atoms with Gasteiger partial charge >= 0.3 is 0 Å². The topological polar surface area (TPSA) is 73.5 Å². The van der Waals surface area contributed by atoms with Gasteiger partial charge in [-0.1, -0.05) is 19.4 Å². The van der Waals surface area contributed by atoms with Crippen LogP contribution < -0.4 is 10.9 Å². The van der Waals surface area contributed by atoms with Crippen molar-refractivity contribution in [3.05, 3.63) is 58.4 Å². The quantitative estimate of drug-likeness (QED) is 0.678. The monoisotopic (exact) mass is 332 g/mol. The van der Waals surface area contributed by atoms with Gasteiger partial charge in [0.05, 0.1) is 6.54 Å². The summed E-state index contributed by atoms with van der Waals surface area (Å²) < 4.78 is 12.5. The molecule has 2 heterocycles. The molecule has 2 rings (SSSR count). The standard InChI is InChI=1S/C18H24N2O4/c1-2-3-12-23-13-6-10-19-18(22)16-9-8-15(24-16)14-20-11-5-4-7-17(20)21/h4-5,7-9,11H,2-3,6,10,12-14H2,1H3,(H,19,22). The lowest BCUT2D eigenvalue weighted by molar-refractivity contribution is 0.0911. The summed E-state index contributed by atoms with van der Waals surface area (Å²) in [6.07, 6.45) is 4.63. The van der Waals surface area contributed by atoms with Gasteiger partial charge in [-0.3, -0.25) is 9.59 Å². The van der Waals surface area contributed by atoms with Gasteiger partial charge in [0.1, 0.15) is 5.76 Å². The van der Waals surface area contributed by atoms with Crippen LogP contribution in [0.1, 0.15) is 42.5 Å². The third-order valence-corrected chi connectivity index (χ3v) is 3.50. The Morgan fingerprint density at radius 2 is 2.04 bits per heavy atom. The van der Waals surface area contributed by atoms with E-state index in [0.717, 1.165) is 25.9 Å². The summed E-state index contributed by atoms with van der Waals surface area (Å²) in [6, 6.07) is 8.28. The normalized spacial score (nSPS) is 10.7. The zero-order valence-electron chi connectivity index (χ0n) is 14.0. The SMILES string of the molecule is CCCCOCCCNC(=O)c1ccc(Cn2ccccc2=O)o1. The number of carbonyl (C=O) groups excluding carboxylic acids is 1. The van der Waals surface area contributed by atoms with E-state index >= 15 is 0 Å². The van der Waals surface area contributed by atoms with Crippen LogP contribution in [0.5, 0.6) is 0 Å². The summed E-state index contributed by atoms with van der Waals surface area (Å²) in [4.78, 5) is 23.7. The molecule has 0 bridgehead atoms. The van der Waals surface area contributed by atoms with Gasteiger partial charge in [-0.05, 0) is 31.0 Å². The van der Waals surface area contributed by atoms with Crippen LogP contribution in [0.15, 0.2) is 45.7 Å². The average Bonchev–Trinajstić information content (AvgIpc) is 3.05. The molecule has 1 amide bonds. The molecule has 0 radical (unpaired) electrons. The molecule has 1 N–H and O–H groups in total. The van der Waals surface area contributed by atoms with E-state index in [1.54, 1.807) is 30.5 Å². The van der Waals surface area contributed by atoms with Crippen molar-refractivity contribution in [1.29, 1.82) is 0 Å². The molecule has 24 heavy (non-hydrogen) atoms. The van der Waals surface area contributed by atoms with Crippen LogP contribution in [0.3, 0.4) is 0 Å². The Morgan fingerprint density at radius 1 is 1.21 bits per heavy atom. The molecule has 0 atom stereocenters. The van der Waals surface area contributed by atoms with Crippen molar-refractivity contribution in [2.24, 2.45) is 0 Å². The van der Waals surface area contributed by atoms with Gasteiger partial charge in [0.15, 0.2) is 5.76 Å². The van der Waals surface area contributed by atoms with Gasteiger partial charge in [0.25, 0.3) is 11.5 Å². The Labute approximate surface area is 141 Å². The number of ether oxygens (including phenoxy) is 1. The molecule has 2 aromatic heterocycles. The molecule has 0 fully saturated rings. The van der Waals surface area contributed by atoms with Gasteiger partial charge in [-0.2, -0.15) is 0 Å². The summed E-state index contributed by atoms with van der Waals surface area (Å²) in [6.45, 7) is 4.37. The van der Waals surface area contributed by atoms with E-state index in [-0.39, 0.29) is 17.2 Å². The van der Waals surface area contributed by atoms with Crippen LogP contribution in [-0.2, 0) is 11.3 Å². The molecule has 130 valence electrons. The van der Waals surface area contributed by atoms with E-state index in [1.165, 1.54) is 10.6 Å². The van der Waals surface area contributed by atoms with Crippen molar-refractivity contribution in [3.63, 3.8) is 0 Å². The number of amides is 1. The van der Waals surface area contributed by atoms with Crippen molar-refractivity contribution in [2.45, 2.75) is 32.7 Å². The van der Waals surface area contributed by atoms with Crippen LogP contribution in [-0.4, -0.2) is 30.2 Å².